The number of hydrogen-bond donors (Lipinski definition) is 3. The molecule has 2 amide bonds. The number of rotatable bonds is 5. The maximum atomic E-state index is 11.8. The van der Waals surface area contributed by atoms with Gasteiger partial charge in [0.1, 0.15) is 0 Å². The average molecular weight is 300 g/mol. The Bertz CT molecular complexity index is 584. The summed E-state index contributed by atoms with van der Waals surface area (Å²) < 4.78 is 0. The van der Waals surface area contributed by atoms with Crippen LogP contribution in [0.5, 0.6) is 0 Å². The van der Waals surface area contributed by atoms with Crippen LogP contribution < -0.4 is 10.6 Å². The Hall–Kier alpha value is -1.55. The summed E-state index contributed by atoms with van der Waals surface area (Å²) in [5.41, 5.74) is 3.32. The Morgan fingerprint density at radius 1 is 1.32 bits per heavy atom. The summed E-state index contributed by atoms with van der Waals surface area (Å²) >= 11 is 0. The number of aryl methyl sites for hydroxylation is 1. The number of aliphatic hydroxyl groups excluding tert-OH is 1. The predicted octanol–water partition coefficient (Wildman–Crippen LogP) is 1.96. The van der Waals surface area contributed by atoms with Crippen molar-refractivity contribution in [2.75, 3.05) is 13.1 Å². The van der Waals surface area contributed by atoms with Gasteiger partial charge < -0.3 is 15.7 Å². The van der Waals surface area contributed by atoms with Crippen molar-refractivity contribution in [3.63, 3.8) is 0 Å². The van der Waals surface area contributed by atoms with Gasteiger partial charge in [0.25, 0.3) is 0 Å². The van der Waals surface area contributed by atoms with Gasteiger partial charge in [-0.15, -0.1) is 0 Å². The fourth-order valence-corrected chi connectivity index (χ4v) is 4.12. The number of amides is 2. The molecule has 3 atom stereocenters. The van der Waals surface area contributed by atoms with Crippen LogP contribution in [0.2, 0.25) is 0 Å². The number of benzene rings is 1. The largest absolute Gasteiger partial charge is 0.391 e. The minimum absolute atomic E-state index is 0.145. The van der Waals surface area contributed by atoms with Crippen LogP contribution in [0.25, 0.3) is 0 Å². The van der Waals surface area contributed by atoms with Gasteiger partial charge in [-0.3, -0.25) is 0 Å². The maximum Gasteiger partial charge on any atom is 0.314 e. The first-order valence-electron chi connectivity index (χ1n) is 8.47. The first kappa shape index (κ1) is 14.1. The highest BCUT2D eigenvalue weighted by Gasteiger charge is 2.57. The van der Waals surface area contributed by atoms with Crippen LogP contribution in [0.3, 0.4) is 0 Å². The molecule has 3 N–H and O–H groups in total. The average Bonchev–Trinajstić information content (AvgIpc) is 3.42. The Balaban J connectivity index is 1.25. The molecule has 22 heavy (non-hydrogen) atoms. The van der Waals surface area contributed by atoms with Gasteiger partial charge in [0.2, 0.25) is 0 Å². The van der Waals surface area contributed by atoms with E-state index in [9.17, 15) is 9.90 Å². The molecule has 4 rings (SSSR count). The zero-order valence-corrected chi connectivity index (χ0v) is 12.8. The second-order valence-corrected chi connectivity index (χ2v) is 7.21. The number of fused-ring (bicyclic) bond motifs is 2. The summed E-state index contributed by atoms with van der Waals surface area (Å²) in [6.07, 6.45) is 5.39. The van der Waals surface area contributed by atoms with E-state index in [0.717, 1.165) is 19.4 Å². The summed E-state index contributed by atoms with van der Waals surface area (Å²) in [5, 5.41) is 15.5. The van der Waals surface area contributed by atoms with Crippen molar-refractivity contribution in [3.05, 3.63) is 35.4 Å². The molecular weight excluding hydrogens is 276 g/mol. The minimum atomic E-state index is -0.375. The van der Waals surface area contributed by atoms with E-state index in [4.69, 9.17) is 0 Å². The van der Waals surface area contributed by atoms with E-state index in [1.807, 2.05) is 0 Å². The molecule has 118 valence electrons. The number of carbonyl (C=O) groups is 1. The third-order valence-corrected chi connectivity index (χ3v) is 5.77. The van der Waals surface area contributed by atoms with Crippen molar-refractivity contribution in [2.45, 2.75) is 43.6 Å². The molecule has 1 aromatic carbocycles. The number of aliphatic hydroxyl groups is 1. The van der Waals surface area contributed by atoms with Crippen LogP contribution in [-0.2, 0) is 11.8 Å². The lowest BCUT2D eigenvalue weighted by Gasteiger charge is -2.14. The first-order valence-corrected chi connectivity index (χ1v) is 8.47. The van der Waals surface area contributed by atoms with E-state index >= 15 is 0 Å². The van der Waals surface area contributed by atoms with E-state index in [-0.39, 0.29) is 12.1 Å². The molecule has 4 heteroatoms. The highest BCUT2D eigenvalue weighted by molar-refractivity contribution is 5.74. The SMILES string of the molecule is O=C(NC[C@@H]1C[C@]12CCc1ccccc12)NC[C@H](O)C1CC1. The Labute approximate surface area is 131 Å². The van der Waals surface area contributed by atoms with Crippen molar-refractivity contribution >= 4 is 6.03 Å². The van der Waals surface area contributed by atoms with Gasteiger partial charge in [-0.2, -0.15) is 0 Å². The normalized spacial score (nSPS) is 30.0. The van der Waals surface area contributed by atoms with Crippen LogP contribution in [0, 0.1) is 11.8 Å². The van der Waals surface area contributed by atoms with Gasteiger partial charge >= 0.3 is 6.03 Å². The molecule has 0 heterocycles. The third-order valence-electron chi connectivity index (χ3n) is 5.77. The van der Waals surface area contributed by atoms with Crippen molar-refractivity contribution in [1.82, 2.24) is 10.6 Å². The second kappa shape index (κ2) is 5.27. The molecule has 1 aromatic rings. The third kappa shape index (κ3) is 2.50. The van der Waals surface area contributed by atoms with Crippen molar-refractivity contribution in [3.8, 4) is 0 Å². The zero-order chi connectivity index (χ0) is 15.2. The molecule has 0 aliphatic heterocycles. The molecule has 0 unspecified atom stereocenters. The number of hydrogen-bond acceptors (Lipinski definition) is 2. The summed E-state index contributed by atoms with van der Waals surface area (Å²) in [6, 6.07) is 8.59. The molecule has 0 aromatic heterocycles. The molecule has 3 aliphatic rings. The lowest BCUT2D eigenvalue weighted by Crippen LogP contribution is -2.41. The lowest BCUT2D eigenvalue weighted by atomic mass is 9.95. The zero-order valence-electron chi connectivity index (χ0n) is 12.8. The molecule has 2 fully saturated rings. The molecule has 1 spiro atoms. The van der Waals surface area contributed by atoms with Crippen molar-refractivity contribution < 1.29 is 9.90 Å². The van der Waals surface area contributed by atoms with Crippen LogP contribution in [0.1, 0.15) is 36.8 Å². The number of carbonyl (C=O) groups excluding carboxylic acids is 1. The highest BCUT2D eigenvalue weighted by atomic mass is 16.3. The van der Waals surface area contributed by atoms with Crippen LogP contribution in [0.15, 0.2) is 24.3 Å². The van der Waals surface area contributed by atoms with Gasteiger partial charge in [-0.1, -0.05) is 24.3 Å². The predicted molar refractivity (Wildman–Crippen MR) is 84.7 cm³/mol. The summed E-state index contributed by atoms with van der Waals surface area (Å²) in [4.78, 5) is 11.8. The summed E-state index contributed by atoms with van der Waals surface area (Å²) in [7, 11) is 0. The van der Waals surface area contributed by atoms with Crippen molar-refractivity contribution in [2.24, 2.45) is 11.8 Å². The maximum absolute atomic E-state index is 11.8. The van der Waals surface area contributed by atoms with Gasteiger partial charge in [-0.25, -0.2) is 4.79 Å². The van der Waals surface area contributed by atoms with Gasteiger partial charge in [0.05, 0.1) is 6.10 Å². The number of nitrogens with one attached hydrogen (secondary N) is 2. The van der Waals surface area contributed by atoms with Gasteiger partial charge in [0, 0.05) is 18.5 Å². The van der Waals surface area contributed by atoms with E-state index in [1.165, 1.54) is 30.4 Å². The minimum Gasteiger partial charge on any atom is -0.391 e. The van der Waals surface area contributed by atoms with Crippen LogP contribution in [0.4, 0.5) is 4.79 Å². The highest BCUT2D eigenvalue weighted by Crippen LogP contribution is 2.61. The second-order valence-electron chi connectivity index (χ2n) is 7.21. The molecule has 2 saturated carbocycles. The van der Waals surface area contributed by atoms with Crippen molar-refractivity contribution in [1.29, 1.82) is 0 Å². The molecule has 0 saturated heterocycles. The quantitative estimate of drug-likeness (QED) is 0.778. The topological polar surface area (TPSA) is 61.4 Å². The monoisotopic (exact) mass is 300 g/mol. The Kier molecular flexibility index (Phi) is 3.37. The van der Waals surface area contributed by atoms with Gasteiger partial charge in [0.15, 0.2) is 0 Å². The lowest BCUT2D eigenvalue weighted by molar-refractivity contribution is 0.149. The fraction of sp³-hybridized carbons (Fsp3) is 0.611. The van der Waals surface area contributed by atoms with E-state index in [0.29, 0.717) is 23.8 Å². The summed E-state index contributed by atoms with van der Waals surface area (Å²) in [6.45, 7) is 1.11. The molecule has 0 bridgehead atoms. The Morgan fingerprint density at radius 2 is 2.14 bits per heavy atom. The Morgan fingerprint density at radius 3 is 2.95 bits per heavy atom. The number of urea groups is 1. The molecule has 3 aliphatic carbocycles. The van der Waals surface area contributed by atoms with Gasteiger partial charge in [-0.05, 0) is 55.1 Å². The standard InChI is InChI=1S/C18H24N2O2/c21-16(13-5-6-13)11-20-17(22)19-10-14-9-18(14)8-7-12-3-1-2-4-15(12)18/h1-4,13-14,16,21H,5-11H2,(H2,19,20,22)/t14-,16-,18+/m0/s1. The molecule has 0 radical (unpaired) electrons. The first-order chi connectivity index (χ1) is 10.7. The van der Waals surface area contributed by atoms with E-state index < -0.39 is 0 Å². The van der Waals surface area contributed by atoms with E-state index in [1.54, 1.807) is 0 Å². The molecule has 4 nitrogen and oxygen atoms in total. The van der Waals surface area contributed by atoms with Crippen LogP contribution >= 0.6 is 0 Å². The smallest absolute Gasteiger partial charge is 0.314 e. The summed E-state index contributed by atoms with van der Waals surface area (Å²) in [5.74, 6) is 0.970. The molecular formula is C18H24N2O2. The fourth-order valence-electron chi connectivity index (χ4n) is 4.12. The van der Waals surface area contributed by atoms with E-state index in [2.05, 4.69) is 34.9 Å². The van der Waals surface area contributed by atoms with Crippen LogP contribution in [-0.4, -0.2) is 30.3 Å².